The number of hydrogen-bond acceptors (Lipinski definition) is 2. The number of rotatable bonds is 1. The topological polar surface area (TPSA) is 21.3 Å². The van der Waals surface area contributed by atoms with E-state index in [0.29, 0.717) is 0 Å². The SMILES string of the molecule is C[C@@H]1CC2(CNCO2)C1[SH]1CC2(C)CC1C2. The summed E-state index contributed by atoms with van der Waals surface area (Å²) >= 11 is 0. The largest absolute Gasteiger partial charge is 0.357 e. The summed E-state index contributed by atoms with van der Waals surface area (Å²) in [6, 6.07) is 0. The molecule has 5 rings (SSSR count). The van der Waals surface area contributed by atoms with Crippen molar-refractivity contribution in [2.24, 2.45) is 11.3 Å². The van der Waals surface area contributed by atoms with Gasteiger partial charge in [0.2, 0.25) is 0 Å². The number of nitrogens with one attached hydrogen (secondary N) is 1. The minimum absolute atomic E-state index is 0.277. The van der Waals surface area contributed by atoms with Crippen molar-refractivity contribution in [1.29, 1.82) is 0 Å². The first-order valence-electron chi connectivity index (χ1n) is 6.72. The van der Waals surface area contributed by atoms with Gasteiger partial charge in [-0.3, -0.25) is 5.32 Å². The average Bonchev–Trinajstić information content (AvgIpc) is 2.79. The summed E-state index contributed by atoms with van der Waals surface area (Å²) < 4.78 is 6.08. The van der Waals surface area contributed by atoms with Crippen molar-refractivity contribution in [3.63, 3.8) is 0 Å². The van der Waals surface area contributed by atoms with E-state index in [-0.39, 0.29) is 16.5 Å². The molecule has 0 aromatic carbocycles. The Morgan fingerprint density at radius 2 is 2.12 bits per heavy atom. The molecule has 3 heterocycles. The molecule has 16 heavy (non-hydrogen) atoms. The fourth-order valence-corrected chi connectivity index (χ4v) is 9.97. The predicted octanol–water partition coefficient (Wildman–Crippen LogP) is 1.89. The standard InChI is InChI=1S/C13H23NOS/c1-9-3-13(6-14-8-15-13)11(9)16-7-12(2)4-10(16)5-12/h9-11,14,16H,3-8H2,1-2H3/t9-,10?,11?,12?,13?/m1/s1. The van der Waals surface area contributed by atoms with Crippen LogP contribution in [-0.2, 0) is 4.74 Å². The smallest absolute Gasteiger partial charge is 0.0975 e. The summed E-state index contributed by atoms with van der Waals surface area (Å²) in [5.41, 5.74) is 1.03. The van der Waals surface area contributed by atoms with Crippen molar-refractivity contribution in [3.8, 4) is 0 Å². The Labute approximate surface area is 101 Å². The van der Waals surface area contributed by atoms with Gasteiger partial charge in [-0.2, -0.15) is 0 Å². The lowest BCUT2D eigenvalue weighted by Gasteiger charge is -2.55. The molecule has 3 unspecified atom stereocenters. The van der Waals surface area contributed by atoms with Crippen molar-refractivity contribution in [2.75, 3.05) is 19.0 Å². The maximum absolute atomic E-state index is 6.08. The molecule has 0 radical (unpaired) electrons. The fourth-order valence-electron chi connectivity index (χ4n) is 4.93. The number of thiol groups is 1. The first-order valence-corrected chi connectivity index (χ1v) is 8.39. The Balaban J connectivity index is 1.58. The molecule has 0 aromatic rings. The normalized spacial score (nSPS) is 65.6. The van der Waals surface area contributed by atoms with Gasteiger partial charge in [-0.25, -0.2) is 10.9 Å². The van der Waals surface area contributed by atoms with Crippen LogP contribution in [0.15, 0.2) is 0 Å². The second kappa shape index (κ2) is 2.99. The zero-order valence-corrected chi connectivity index (χ0v) is 11.2. The first-order chi connectivity index (χ1) is 7.62. The van der Waals surface area contributed by atoms with Gasteiger partial charge in [-0.05, 0) is 41.6 Å². The van der Waals surface area contributed by atoms with Gasteiger partial charge >= 0.3 is 0 Å². The second-order valence-electron chi connectivity index (χ2n) is 6.95. The van der Waals surface area contributed by atoms with E-state index < -0.39 is 0 Å². The Morgan fingerprint density at radius 1 is 1.31 bits per heavy atom. The molecule has 5 fully saturated rings. The highest BCUT2D eigenvalue weighted by Gasteiger charge is 2.63. The van der Waals surface area contributed by atoms with Crippen LogP contribution in [-0.4, -0.2) is 35.1 Å². The lowest BCUT2D eigenvalue weighted by atomic mass is 9.71. The second-order valence-corrected chi connectivity index (χ2v) is 9.58. The number of fused-ring (bicyclic) bond motifs is 1. The van der Waals surface area contributed by atoms with Crippen LogP contribution < -0.4 is 5.32 Å². The Bertz CT molecular complexity index is 320. The monoisotopic (exact) mass is 241 g/mol. The molecule has 1 spiro atoms. The van der Waals surface area contributed by atoms with Crippen LogP contribution in [0.2, 0.25) is 0 Å². The van der Waals surface area contributed by atoms with E-state index in [4.69, 9.17) is 4.74 Å². The lowest BCUT2D eigenvalue weighted by Crippen LogP contribution is -2.60. The van der Waals surface area contributed by atoms with E-state index in [0.717, 1.165) is 35.1 Å². The molecule has 3 heteroatoms. The highest BCUT2D eigenvalue weighted by atomic mass is 32.2. The molecular formula is C13H23NOS. The van der Waals surface area contributed by atoms with E-state index in [1.54, 1.807) is 5.75 Å². The molecule has 1 N–H and O–H groups in total. The minimum Gasteiger partial charge on any atom is -0.357 e. The molecule has 3 saturated heterocycles. The van der Waals surface area contributed by atoms with Crippen LogP contribution in [0.3, 0.4) is 0 Å². The molecule has 0 amide bonds. The van der Waals surface area contributed by atoms with Crippen molar-refractivity contribution < 1.29 is 4.74 Å². The van der Waals surface area contributed by atoms with Gasteiger partial charge in [0.25, 0.3) is 0 Å². The van der Waals surface area contributed by atoms with Gasteiger partial charge in [-0.15, -0.1) is 0 Å². The first kappa shape index (κ1) is 10.2. The Hall–Kier alpha value is 0.270. The zero-order valence-electron chi connectivity index (χ0n) is 10.3. The van der Waals surface area contributed by atoms with Crippen LogP contribution in [0.1, 0.15) is 33.1 Å². The summed E-state index contributed by atoms with van der Waals surface area (Å²) in [6.07, 6.45) is 4.38. The third-order valence-corrected chi connectivity index (χ3v) is 9.60. The van der Waals surface area contributed by atoms with E-state index in [1.807, 2.05) is 0 Å². The van der Waals surface area contributed by atoms with Gasteiger partial charge in [0.15, 0.2) is 0 Å². The van der Waals surface area contributed by atoms with Crippen LogP contribution in [0.4, 0.5) is 0 Å². The van der Waals surface area contributed by atoms with Gasteiger partial charge in [0, 0.05) is 11.8 Å². The Kier molecular flexibility index (Phi) is 1.91. The third kappa shape index (κ3) is 1.12. The summed E-state index contributed by atoms with van der Waals surface area (Å²) in [5.74, 6) is 2.47. The molecular weight excluding hydrogens is 218 g/mol. The quantitative estimate of drug-likeness (QED) is 0.684. The molecule has 2 aliphatic carbocycles. The molecule has 3 aliphatic heterocycles. The number of hydrogen-bond donors (Lipinski definition) is 2. The van der Waals surface area contributed by atoms with Crippen LogP contribution in [0, 0.1) is 11.3 Å². The van der Waals surface area contributed by atoms with E-state index >= 15 is 0 Å². The van der Waals surface area contributed by atoms with Crippen molar-refractivity contribution in [1.82, 2.24) is 5.32 Å². The summed E-state index contributed by atoms with van der Waals surface area (Å²) in [4.78, 5) is 0. The fraction of sp³-hybridized carbons (Fsp3) is 1.00. The molecule has 5 aliphatic rings. The van der Waals surface area contributed by atoms with Gasteiger partial charge in [-0.1, -0.05) is 13.8 Å². The highest BCUT2D eigenvalue weighted by molar-refractivity contribution is 8.18. The molecule has 2 bridgehead atoms. The van der Waals surface area contributed by atoms with E-state index in [2.05, 4.69) is 19.2 Å². The molecule has 0 aromatic heterocycles. The molecule has 2 nitrogen and oxygen atoms in total. The highest BCUT2D eigenvalue weighted by Crippen LogP contribution is 2.71. The van der Waals surface area contributed by atoms with Crippen molar-refractivity contribution >= 4 is 10.9 Å². The molecule has 2 saturated carbocycles. The predicted molar refractivity (Wildman–Crippen MR) is 69.2 cm³/mol. The summed E-state index contributed by atoms with van der Waals surface area (Å²) in [7, 11) is 0.281. The number of ether oxygens (including phenoxy) is 1. The van der Waals surface area contributed by atoms with Crippen molar-refractivity contribution in [3.05, 3.63) is 0 Å². The Morgan fingerprint density at radius 3 is 2.62 bits per heavy atom. The zero-order chi connectivity index (χ0) is 11.0. The van der Waals surface area contributed by atoms with Crippen LogP contribution in [0.25, 0.3) is 0 Å². The average molecular weight is 241 g/mol. The summed E-state index contributed by atoms with van der Waals surface area (Å²) in [6.45, 7) is 6.90. The van der Waals surface area contributed by atoms with Crippen molar-refractivity contribution in [2.45, 2.75) is 49.2 Å². The molecule has 92 valence electrons. The maximum Gasteiger partial charge on any atom is 0.0975 e. The van der Waals surface area contributed by atoms with Gasteiger partial charge in [0.05, 0.1) is 12.3 Å². The summed E-state index contributed by atoms with van der Waals surface area (Å²) in [5, 5.41) is 5.44. The van der Waals surface area contributed by atoms with Crippen LogP contribution in [0.5, 0.6) is 0 Å². The molecule has 4 atom stereocenters. The third-order valence-electron chi connectivity index (χ3n) is 5.48. The van der Waals surface area contributed by atoms with E-state index in [1.165, 1.54) is 19.3 Å². The minimum atomic E-state index is 0.277. The lowest BCUT2D eigenvalue weighted by molar-refractivity contribution is -0.0705. The van der Waals surface area contributed by atoms with E-state index in [9.17, 15) is 0 Å². The van der Waals surface area contributed by atoms with Crippen LogP contribution >= 0.6 is 10.9 Å². The maximum atomic E-state index is 6.08. The van der Waals surface area contributed by atoms with Gasteiger partial charge in [0.1, 0.15) is 0 Å². The van der Waals surface area contributed by atoms with Gasteiger partial charge < -0.3 is 4.74 Å².